The van der Waals surface area contributed by atoms with Gasteiger partial charge in [0, 0.05) is 5.69 Å². The van der Waals surface area contributed by atoms with E-state index in [0.717, 1.165) is 5.56 Å². The highest BCUT2D eigenvalue weighted by molar-refractivity contribution is 5.73. The van der Waals surface area contributed by atoms with Crippen LogP contribution in [0.4, 0.5) is 30.2 Å². The molecule has 0 fully saturated rings. The van der Waals surface area contributed by atoms with Crippen LogP contribution in [0.25, 0.3) is 0 Å². The second-order valence-corrected chi connectivity index (χ2v) is 4.29. The molecule has 2 aromatic rings. The van der Waals surface area contributed by atoms with Crippen molar-refractivity contribution in [1.29, 1.82) is 0 Å². The monoisotopic (exact) mass is 282 g/mol. The van der Waals surface area contributed by atoms with E-state index in [9.17, 15) is 13.2 Å². The zero-order valence-corrected chi connectivity index (χ0v) is 10.7. The summed E-state index contributed by atoms with van der Waals surface area (Å²) in [5.74, 6) is -0.264. The quantitative estimate of drug-likeness (QED) is 0.829. The van der Waals surface area contributed by atoms with Gasteiger partial charge in [0.2, 0.25) is 0 Å². The number of ether oxygens (including phenoxy) is 1. The Bertz CT molecular complexity index is 594. The van der Waals surface area contributed by atoms with Crippen molar-refractivity contribution >= 4 is 17.1 Å². The molecular formula is C14H13F3N2O. The van der Waals surface area contributed by atoms with Crippen LogP contribution in [0, 0.1) is 6.92 Å². The molecule has 0 bridgehead atoms. The zero-order chi connectivity index (χ0) is 14.8. The van der Waals surface area contributed by atoms with Gasteiger partial charge in [0.05, 0.1) is 11.4 Å². The first kappa shape index (κ1) is 14.0. The van der Waals surface area contributed by atoms with Crippen molar-refractivity contribution < 1.29 is 17.9 Å². The first-order valence-corrected chi connectivity index (χ1v) is 5.82. The molecule has 0 aliphatic heterocycles. The maximum atomic E-state index is 12.0. The van der Waals surface area contributed by atoms with E-state index in [4.69, 9.17) is 5.73 Å². The van der Waals surface area contributed by atoms with E-state index in [1.54, 1.807) is 6.07 Å². The number of nitrogens with two attached hydrogens (primary N) is 1. The SMILES string of the molecule is Cc1ccc(N)c(Nc2ccc(OC(F)(F)F)cc2)c1. The lowest BCUT2D eigenvalue weighted by Gasteiger charge is -2.12. The largest absolute Gasteiger partial charge is 0.573 e. The fourth-order valence-corrected chi connectivity index (χ4v) is 1.67. The molecule has 6 heteroatoms. The lowest BCUT2D eigenvalue weighted by Crippen LogP contribution is -2.16. The fraction of sp³-hybridized carbons (Fsp3) is 0.143. The predicted molar refractivity (Wildman–Crippen MR) is 72.0 cm³/mol. The number of nitrogen functional groups attached to an aromatic ring is 1. The van der Waals surface area contributed by atoms with Crippen LogP contribution < -0.4 is 15.8 Å². The van der Waals surface area contributed by atoms with Gasteiger partial charge in [-0.15, -0.1) is 13.2 Å². The third-order valence-corrected chi connectivity index (χ3v) is 2.58. The lowest BCUT2D eigenvalue weighted by atomic mass is 10.2. The van der Waals surface area contributed by atoms with Crippen molar-refractivity contribution in [2.45, 2.75) is 13.3 Å². The minimum atomic E-state index is -4.68. The molecule has 0 spiro atoms. The van der Waals surface area contributed by atoms with Gasteiger partial charge in [-0.1, -0.05) is 6.07 Å². The highest BCUT2D eigenvalue weighted by Crippen LogP contribution is 2.27. The second kappa shape index (κ2) is 5.32. The highest BCUT2D eigenvalue weighted by Gasteiger charge is 2.30. The predicted octanol–water partition coefficient (Wildman–Crippen LogP) is 4.22. The number of benzene rings is 2. The van der Waals surface area contributed by atoms with Gasteiger partial charge in [-0.3, -0.25) is 0 Å². The van der Waals surface area contributed by atoms with Gasteiger partial charge in [0.25, 0.3) is 0 Å². The second-order valence-electron chi connectivity index (χ2n) is 4.29. The summed E-state index contributed by atoms with van der Waals surface area (Å²) < 4.78 is 39.9. The number of hydrogen-bond donors (Lipinski definition) is 2. The number of halogens is 3. The summed E-state index contributed by atoms with van der Waals surface area (Å²) in [6.45, 7) is 1.92. The topological polar surface area (TPSA) is 47.3 Å². The van der Waals surface area contributed by atoms with E-state index >= 15 is 0 Å². The Labute approximate surface area is 114 Å². The third kappa shape index (κ3) is 3.81. The van der Waals surface area contributed by atoms with Gasteiger partial charge in [0.15, 0.2) is 0 Å². The summed E-state index contributed by atoms with van der Waals surface area (Å²) in [6, 6.07) is 10.9. The molecule has 0 saturated heterocycles. The first-order valence-electron chi connectivity index (χ1n) is 5.82. The molecule has 0 unspecified atom stereocenters. The lowest BCUT2D eigenvalue weighted by molar-refractivity contribution is -0.274. The van der Waals surface area contributed by atoms with Crippen LogP contribution in [0.15, 0.2) is 42.5 Å². The van der Waals surface area contributed by atoms with Crippen molar-refractivity contribution in [2.24, 2.45) is 0 Å². The van der Waals surface area contributed by atoms with Gasteiger partial charge in [-0.05, 0) is 48.9 Å². The third-order valence-electron chi connectivity index (χ3n) is 2.58. The van der Waals surface area contributed by atoms with Crippen LogP contribution >= 0.6 is 0 Å². The summed E-state index contributed by atoms with van der Waals surface area (Å²) in [5.41, 5.74) is 8.73. The molecule has 0 aliphatic rings. The van der Waals surface area contributed by atoms with E-state index in [-0.39, 0.29) is 5.75 Å². The van der Waals surface area contributed by atoms with E-state index < -0.39 is 6.36 Å². The van der Waals surface area contributed by atoms with Crippen LogP contribution in [-0.2, 0) is 0 Å². The zero-order valence-electron chi connectivity index (χ0n) is 10.7. The molecule has 0 heterocycles. The Kier molecular flexibility index (Phi) is 3.74. The standard InChI is InChI=1S/C14H13F3N2O/c1-9-2-7-12(18)13(8-9)19-10-3-5-11(6-4-10)20-14(15,16)17/h2-8,19H,18H2,1H3. The van der Waals surface area contributed by atoms with Crippen LogP contribution in [0.3, 0.4) is 0 Å². The van der Waals surface area contributed by atoms with Crippen LogP contribution in [-0.4, -0.2) is 6.36 Å². The van der Waals surface area contributed by atoms with Gasteiger partial charge in [0.1, 0.15) is 5.75 Å². The highest BCUT2D eigenvalue weighted by atomic mass is 19.4. The first-order chi connectivity index (χ1) is 9.33. The Morgan fingerprint density at radius 2 is 1.70 bits per heavy atom. The van der Waals surface area contributed by atoms with Crippen LogP contribution in [0.1, 0.15) is 5.56 Å². The van der Waals surface area contributed by atoms with Crippen LogP contribution in [0.5, 0.6) is 5.75 Å². The summed E-state index contributed by atoms with van der Waals surface area (Å²) in [5, 5.41) is 3.04. The maximum absolute atomic E-state index is 12.0. The number of aryl methyl sites for hydroxylation is 1. The Balaban J connectivity index is 2.13. The average molecular weight is 282 g/mol. The number of hydrogen-bond acceptors (Lipinski definition) is 3. The number of rotatable bonds is 3. The fourth-order valence-electron chi connectivity index (χ4n) is 1.67. The van der Waals surface area contributed by atoms with Crippen molar-refractivity contribution in [3.63, 3.8) is 0 Å². The number of alkyl halides is 3. The Morgan fingerprint density at radius 3 is 2.30 bits per heavy atom. The molecule has 2 rings (SSSR count). The Hall–Kier alpha value is -2.37. The van der Waals surface area contributed by atoms with E-state index in [2.05, 4.69) is 10.1 Å². The molecular weight excluding hydrogens is 269 g/mol. The normalized spacial score (nSPS) is 11.2. The van der Waals surface area contributed by atoms with Gasteiger partial charge < -0.3 is 15.8 Å². The minimum Gasteiger partial charge on any atom is -0.406 e. The van der Waals surface area contributed by atoms with Gasteiger partial charge in [-0.25, -0.2) is 0 Å². The number of nitrogens with one attached hydrogen (secondary N) is 1. The summed E-state index contributed by atoms with van der Waals surface area (Å²) >= 11 is 0. The molecule has 3 nitrogen and oxygen atoms in total. The van der Waals surface area contributed by atoms with E-state index in [0.29, 0.717) is 17.1 Å². The minimum absolute atomic E-state index is 0.264. The smallest absolute Gasteiger partial charge is 0.406 e. The van der Waals surface area contributed by atoms with Crippen molar-refractivity contribution in [1.82, 2.24) is 0 Å². The molecule has 0 saturated carbocycles. The summed E-state index contributed by atoms with van der Waals surface area (Å²) in [6.07, 6.45) is -4.68. The van der Waals surface area contributed by atoms with Gasteiger partial charge >= 0.3 is 6.36 Å². The van der Waals surface area contributed by atoms with Gasteiger partial charge in [-0.2, -0.15) is 0 Å². The van der Waals surface area contributed by atoms with E-state index in [1.165, 1.54) is 24.3 Å². The van der Waals surface area contributed by atoms with Crippen LogP contribution in [0.2, 0.25) is 0 Å². The van der Waals surface area contributed by atoms with Crippen molar-refractivity contribution in [3.8, 4) is 5.75 Å². The van der Waals surface area contributed by atoms with Crippen molar-refractivity contribution in [3.05, 3.63) is 48.0 Å². The summed E-state index contributed by atoms with van der Waals surface area (Å²) in [4.78, 5) is 0. The summed E-state index contributed by atoms with van der Waals surface area (Å²) in [7, 11) is 0. The molecule has 0 atom stereocenters. The molecule has 0 aromatic heterocycles. The molecule has 3 N–H and O–H groups in total. The molecule has 0 radical (unpaired) electrons. The molecule has 0 amide bonds. The van der Waals surface area contributed by atoms with E-state index in [1.807, 2.05) is 19.1 Å². The molecule has 20 heavy (non-hydrogen) atoms. The Morgan fingerprint density at radius 1 is 1.05 bits per heavy atom. The number of anilines is 3. The molecule has 106 valence electrons. The maximum Gasteiger partial charge on any atom is 0.573 e. The average Bonchev–Trinajstić information content (AvgIpc) is 2.34. The molecule has 0 aliphatic carbocycles. The molecule has 2 aromatic carbocycles. The van der Waals surface area contributed by atoms with Crippen molar-refractivity contribution in [2.75, 3.05) is 11.1 Å².